The average molecular weight is 192 g/mol. The van der Waals surface area contributed by atoms with Gasteiger partial charge in [-0.2, -0.15) is 0 Å². The monoisotopic (exact) mass is 192 g/mol. The largest absolute Gasteiger partial charge is 0.465 e. The zero-order chi connectivity index (χ0) is 10.3. The van der Waals surface area contributed by atoms with Crippen molar-refractivity contribution >= 4 is 12.2 Å². The zero-order valence-electron chi connectivity index (χ0n) is 7.11. The first-order chi connectivity index (χ1) is 6.06. The van der Waals surface area contributed by atoms with Gasteiger partial charge in [-0.1, -0.05) is 0 Å². The highest BCUT2D eigenvalue weighted by Gasteiger charge is 2.11. The van der Waals surface area contributed by atoms with E-state index < -0.39 is 18.2 Å². The Labute approximate surface area is 74.7 Å². The number of methoxy groups -OCH3 is 1. The molecular formula is C6H12N2O5. The average Bonchev–Trinajstić information content (AvgIpc) is 1.99. The van der Waals surface area contributed by atoms with E-state index in [1.807, 2.05) is 5.32 Å². The van der Waals surface area contributed by atoms with E-state index in [0.717, 1.165) is 0 Å². The molecule has 0 aromatic rings. The van der Waals surface area contributed by atoms with Crippen LogP contribution >= 0.6 is 0 Å². The molecule has 0 saturated carbocycles. The van der Waals surface area contributed by atoms with E-state index in [-0.39, 0.29) is 13.2 Å². The Kier molecular flexibility index (Phi) is 5.37. The van der Waals surface area contributed by atoms with Gasteiger partial charge in [0.1, 0.15) is 0 Å². The maximum atomic E-state index is 10.2. The van der Waals surface area contributed by atoms with Crippen LogP contribution in [-0.4, -0.2) is 48.7 Å². The molecule has 0 aromatic heterocycles. The van der Waals surface area contributed by atoms with E-state index in [2.05, 4.69) is 10.1 Å². The van der Waals surface area contributed by atoms with Crippen LogP contribution in [0.3, 0.4) is 0 Å². The lowest BCUT2D eigenvalue weighted by atomic mass is 10.3. The van der Waals surface area contributed by atoms with Crippen LogP contribution in [-0.2, 0) is 4.74 Å². The van der Waals surface area contributed by atoms with Crippen molar-refractivity contribution in [2.75, 3.05) is 20.3 Å². The first kappa shape index (κ1) is 11.5. The molecule has 0 heterocycles. The number of carboxylic acid groups (broad SMARTS) is 2. The van der Waals surface area contributed by atoms with E-state index >= 15 is 0 Å². The molecule has 2 amide bonds. The number of ether oxygens (including phenoxy) is 1. The minimum absolute atomic E-state index is 0.0184. The van der Waals surface area contributed by atoms with Gasteiger partial charge in [0.15, 0.2) is 0 Å². The van der Waals surface area contributed by atoms with Crippen LogP contribution in [0, 0.1) is 0 Å². The third-order valence-electron chi connectivity index (χ3n) is 1.20. The van der Waals surface area contributed by atoms with Gasteiger partial charge in [0.05, 0.1) is 12.6 Å². The fourth-order valence-corrected chi connectivity index (χ4v) is 0.738. The molecule has 0 aromatic carbocycles. The molecule has 0 saturated heterocycles. The minimum atomic E-state index is -1.21. The van der Waals surface area contributed by atoms with Crippen molar-refractivity contribution in [3.8, 4) is 0 Å². The summed E-state index contributed by atoms with van der Waals surface area (Å²) in [5, 5.41) is 20.7. The summed E-state index contributed by atoms with van der Waals surface area (Å²) < 4.78 is 4.68. The van der Waals surface area contributed by atoms with Gasteiger partial charge in [-0.05, 0) is 0 Å². The van der Waals surface area contributed by atoms with E-state index in [1.54, 1.807) is 0 Å². The smallest absolute Gasteiger partial charge is 0.405 e. The maximum absolute atomic E-state index is 10.2. The van der Waals surface area contributed by atoms with Crippen LogP contribution < -0.4 is 10.6 Å². The van der Waals surface area contributed by atoms with Gasteiger partial charge in [-0.15, -0.1) is 0 Å². The van der Waals surface area contributed by atoms with Crippen molar-refractivity contribution in [3.05, 3.63) is 0 Å². The zero-order valence-corrected chi connectivity index (χ0v) is 7.11. The van der Waals surface area contributed by atoms with E-state index in [9.17, 15) is 9.59 Å². The fourth-order valence-electron chi connectivity index (χ4n) is 0.738. The Balaban J connectivity index is 3.79. The molecule has 1 atom stereocenters. The number of nitrogens with one attached hydrogen (secondary N) is 2. The van der Waals surface area contributed by atoms with Crippen molar-refractivity contribution in [3.63, 3.8) is 0 Å². The topological polar surface area (TPSA) is 108 Å². The minimum Gasteiger partial charge on any atom is -0.465 e. The van der Waals surface area contributed by atoms with Crippen molar-refractivity contribution < 1.29 is 24.5 Å². The second-order valence-electron chi connectivity index (χ2n) is 2.29. The van der Waals surface area contributed by atoms with Crippen molar-refractivity contribution in [1.29, 1.82) is 0 Å². The van der Waals surface area contributed by atoms with Crippen molar-refractivity contribution in [2.24, 2.45) is 0 Å². The van der Waals surface area contributed by atoms with Crippen LogP contribution in [0.4, 0.5) is 9.59 Å². The van der Waals surface area contributed by atoms with Gasteiger partial charge in [0.25, 0.3) is 0 Å². The lowest BCUT2D eigenvalue weighted by Gasteiger charge is -2.15. The van der Waals surface area contributed by atoms with E-state index in [0.29, 0.717) is 0 Å². The second kappa shape index (κ2) is 6.06. The molecule has 13 heavy (non-hydrogen) atoms. The van der Waals surface area contributed by atoms with Gasteiger partial charge in [-0.25, -0.2) is 9.59 Å². The lowest BCUT2D eigenvalue weighted by molar-refractivity contribution is 0.147. The highest BCUT2D eigenvalue weighted by atomic mass is 16.5. The van der Waals surface area contributed by atoms with Gasteiger partial charge < -0.3 is 25.6 Å². The van der Waals surface area contributed by atoms with Crippen molar-refractivity contribution in [1.82, 2.24) is 10.6 Å². The molecule has 7 nitrogen and oxygen atoms in total. The molecule has 0 fully saturated rings. The molecule has 0 radical (unpaired) electrons. The van der Waals surface area contributed by atoms with E-state index in [1.165, 1.54) is 7.11 Å². The van der Waals surface area contributed by atoms with Gasteiger partial charge >= 0.3 is 12.2 Å². The molecular weight excluding hydrogens is 180 g/mol. The Morgan fingerprint density at radius 2 is 2.00 bits per heavy atom. The summed E-state index contributed by atoms with van der Waals surface area (Å²) in [6.45, 7) is 0.0993. The lowest BCUT2D eigenvalue weighted by Crippen LogP contribution is -2.45. The molecule has 0 aliphatic rings. The Morgan fingerprint density at radius 3 is 2.38 bits per heavy atom. The molecule has 7 heteroatoms. The van der Waals surface area contributed by atoms with Crippen LogP contribution in [0.1, 0.15) is 0 Å². The normalized spacial score (nSPS) is 11.8. The summed E-state index contributed by atoms with van der Waals surface area (Å²) in [5.74, 6) is 0. The molecule has 0 spiro atoms. The summed E-state index contributed by atoms with van der Waals surface area (Å²) in [7, 11) is 1.40. The standard InChI is InChI=1S/C6H12N2O5/c1-13-3-4(8-6(11)12)2-7-5(9)10/h4,7-8H,2-3H2,1H3,(H,9,10)(H,11,12)/t4-/m0/s1. The number of rotatable bonds is 5. The third-order valence-corrected chi connectivity index (χ3v) is 1.20. The number of hydrogen-bond donors (Lipinski definition) is 4. The van der Waals surface area contributed by atoms with Crippen molar-refractivity contribution in [2.45, 2.75) is 6.04 Å². The molecule has 4 N–H and O–H groups in total. The van der Waals surface area contributed by atoms with Crippen LogP contribution in [0.15, 0.2) is 0 Å². The molecule has 76 valence electrons. The number of carbonyl (C=O) groups is 2. The van der Waals surface area contributed by atoms with Crippen LogP contribution in [0.25, 0.3) is 0 Å². The summed E-state index contributed by atoms with van der Waals surface area (Å²) in [6.07, 6.45) is -2.41. The van der Waals surface area contributed by atoms with Gasteiger partial charge in [0, 0.05) is 13.7 Å². The summed E-state index contributed by atoms with van der Waals surface area (Å²) in [5.41, 5.74) is 0. The first-order valence-electron chi connectivity index (χ1n) is 3.51. The quantitative estimate of drug-likeness (QED) is 0.471. The molecule has 0 aliphatic carbocycles. The first-order valence-corrected chi connectivity index (χ1v) is 3.51. The Bertz CT molecular complexity index is 184. The summed E-state index contributed by atoms with van der Waals surface area (Å²) in [6, 6.07) is -0.571. The number of amides is 2. The van der Waals surface area contributed by atoms with E-state index in [4.69, 9.17) is 10.2 Å². The highest BCUT2D eigenvalue weighted by molar-refractivity contribution is 5.66. The van der Waals surface area contributed by atoms with Crippen LogP contribution in [0.5, 0.6) is 0 Å². The SMILES string of the molecule is COC[C@H](CNC(=O)O)NC(=O)O. The second-order valence-corrected chi connectivity index (χ2v) is 2.29. The molecule has 0 bridgehead atoms. The van der Waals surface area contributed by atoms with Gasteiger partial charge in [0.2, 0.25) is 0 Å². The predicted octanol–water partition coefficient (Wildman–Crippen LogP) is -0.463. The van der Waals surface area contributed by atoms with Gasteiger partial charge in [-0.3, -0.25) is 0 Å². The summed E-state index contributed by atoms with van der Waals surface area (Å²) in [4.78, 5) is 20.3. The fraction of sp³-hybridized carbons (Fsp3) is 0.667. The highest BCUT2D eigenvalue weighted by Crippen LogP contribution is 1.83. The number of hydrogen-bond acceptors (Lipinski definition) is 3. The summed E-state index contributed by atoms with van der Waals surface area (Å²) >= 11 is 0. The maximum Gasteiger partial charge on any atom is 0.405 e. The Hall–Kier alpha value is -1.50. The molecule has 0 unspecified atom stereocenters. The Morgan fingerprint density at radius 1 is 1.38 bits per heavy atom. The predicted molar refractivity (Wildman–Crippen MR) is 42.9 cm³/mol. The third kappa shape index (κ3) is 6.88. The van der Waals surface area contributed by atoms with Crippen LogP contribution in [0.2, 0.25) is 0 Å². The molecule has 0 rings (SSSR count). The molecule has 0 aliphatic heterocycles.